The molecule has 0 saturated heterocycles. The second-order valence-electron chi connectivity index (χ2n) is 6.37. The number of hydrogen-bond acceptors (Lipinski definition) is 3. The molecule has 0 fully saturated rings. The summed E-state index contributed by atoms with van der Waals surface area (Å²) >= 11 is 0. The summed E-state index contributed by atoms with van der Waals surface area (Å²) in [4.78, 5) is 26.7. The number of aliphatic hydroxyl groups excluding tert-OH is 1. The van der Waals surface area contributed by atoms with Crippen LogP contribution in [0, 0.1) is 0 Å². The zero-order valence-electron chi connectivity index (χ0n) is 14.2. The van der Waals surface area contributed by atoms with E-state index >= 15 is 0 Å². The summed E-state index contributed by atoms with van der Waals surface area (Å²) in [5.74, 6) is -0.383. The van der Waals surface area contributed by atoms with Crippen LogP contribution in [0.25, 0.3) is 0 Å². The Morgan fingerprint density at radius 2 is 1.88 bits per heavy atom. The van der Waals surface area contributed by atoms with E-state index in [1.807, 2.05) is 48.5 Å². The smallest absolute Gasteiger partial charge is 0.254 e. The van der Waals surface area contributed by atoms with Gasteiger partial charge >= 0.3 is 0 Å². The molecule has 2 N–H and O–H groups in total. The third-order valence-corrected chi connectivity index (χ3v) is 4.64. The molecule has 0 aliphatic carbocycles. The quantitative estimate of drug-likeness (QED) is 0.866. The van der Waals surface area contributed by atoms with Gasteiger partial charge in [0, 0.05) is 19.0 Å². The molecule has 0 aromatic heterocycles. The number of benzene rings is 2. The monoisotopic (exact) mass is 338 g/mol. The highest BCUT2D eigenvalue weighted by Crippen LogP contribution is 2.22. The van der Waals surface area contributed by atoms with E-state index in [9.17, 15) is 14.7 Å². The number of aliphatic hydroxyl groups is 1. The topological polar surface area (TPSA) is 69.6 Å². The highest BCUT2D eigenvalue weighted by molar-refractivity contribution is 6.00. The summed E-state index contributed by atoms with van der Waals surface area (Å²) in [7, 11) is 1.65. The van der Waals surface area contributed by atoms with Crippen molar-refractivity contribution in [3.63, 3.8) is 0 Å². The Bertz CT molecular complexity index is 761. The van der Waals surface area contributed by atoms with Crippen LogP contribution < -0.4 is 5.32 Å². The maximum absolute atomic E-state index is 12.7. The Hall–Kier alpha value is -2.66. The first-order valence-electron chi connectivity index (χ1n) is 8.40. The average Bonchev–Trinajstić information content (AvgIpc) is 2.64. The second-order valence-corrected chi connectivity index (χ2v) is 6.37. The molecule has 0 bridgehead atoms. The van der Waals surface area contributed by atoms with Gasteiger partial charge in [-0.3, -0.25) is 9.59 Å². The standard InChI is InChI=1S/C20H22N2O3/c1-22-18(12-15-9-5-6-10-17(15)20(22)25)19(24)21-16(13-23)11-14-7-3-2-4-8-14/h2-10,16,18,23H,11-13H2,1H3,(H,21,24)/t16-,18?/m0/s1. The maximum atomic E-state index is 12.7. The molecule has 2 amide bonds. The van der Waals surface area contributed by atoms with Crippen LogP contribution in [0.1, 0.15) is 21.5 Å². The number of amides is 2. The molecular formula is C20H22N2O3. The third kappa shape index (κ3) is 3.72. The van der Waals surface area contributed by atoms with E-state index in [1.54, 1.807) is 13.1 Å². The highest BCUT2D eigenvalue weighted by atomic mass is 16.3. The number of carbonyl (C=O) groups excluding carboxylic acids is 2. The van der Waals surface area contributed by atoms with E-state index in [1.165, 1.54) is 4.90 Å². The first-order chi connectivity index (χ1) is 12.1. The number of hydrogen-bond donors (Lipinski definition) is 2. The zero-order valence-corrected chi connectivity index (χ0v) is 14.2. The molecule has 5 heteroatoms. The molecule has 3 rings (SSSR count). The lowest BCUT2D eigenvalue weighted by molar-refractivity contribution is -0.126. The minimum absolute atomic E-state index is 0.148. The van der Waals surface area contributed by atoms with Crippen LogP contribution in [0.3, 0.4) is 0 Å². The fourth-order valence-electron chi connectivity index (χ4n) is 3.21. The van der Waals surface area contributed by atoms with Crippen LogP contribution in [0.2, 0.25) is 0 Å². The Labute approximate surface area is 147 Å². The molecule has 0 saturated carbocycles. The summed E-state index contributed by atoms with van der Waals surface area (Å²) in [6.07, 6.45) is 1.03. The molecule has 1 aliphatic heterocycles. The van der Waals surface area contributed by atoms with E-state index in [0.717, 1.165) is 11.1 Å². The molecular weight excluding hydrogens is 316 g/mol. The molecule has 1 aliphatic rings. The van der Waals surface area contributed by atoms with Crippen LogP contribution >= 0.6 is 0 Å². The lowest BCUT2D eigenvalue weighted by Crippen LogP contribution is -2.54. The molecule has 0 radical (unpaired) electrons. The third-order valence-electron chi connectivity index (χ3n) is 4.64. The van der Waals surface area contributed by atoms with Gasteiger partial charge in [-0.2, -0.15) is 0 Å². The molecule has 2 atom stereocenters. The number of nitrogens with one attached hydrogen (secondary N) is 1. The SMILES string of the molecule is CN1C(=O)c2ccccc2CC1C(=O)N[C@H](CO)Cc1ccccc1. The normalized spacial score (nSPS) is 17.8. The van der Waals surface area contributed by atoms with Gasteiger partial charge in [0.25, 0.3) is 5.91 Å². The summed E-state index contributed by atoms with van der Waals surface area (Å²) < 4.78 is 0. The summed E-state index contributed by atoms with van der Waals surface area (Å²) in [5, 5.41) is 12.5. The molecule has 2 aromatic rings. The largest absolute Gasteiger partial charge is 0.394 e. The number of carbonyl (C=O) groups is 2. The Kier molecular flexibility index (Phi) is 5.14. The Morgan fingerprint density at radius 1 is 1.20 bits per heavy atom. The van der Waals surface area contributed by atoms with E-state index < -0.39 is 6.04 Å². The summed E-state index contributed by atoms with van der Waals surface area (Å²) in [6, 6.07) is 16.1. The van der Waals surface area contributed by atoms with Crippen LogP contribution in [0.5, 0.6) is 0 Å². The van der Waals surface area contributed by atoms with Gasteiger partial charge in [-0.25, -0.2) is 0 Å². The van der Waals surface area contributed by atoms with E-state index in [2.05, 4.69) is 5.32 Å². The van der Waals surface area contributed by atoms with Crippen molar-refractivity contribution < 1.29 is 14.7 Å². The molecule has 130 valence electrons. The van der Waals surface area contributed by atoms with Gasteiger partial charge in [-0.05, 0) is 23.6 Å². The lowest BCUT2D eigenvalue weighted by Gasteiger charge is -2.33. The number of likely N-dealkylation sites (N-methyl/N-ethyl adjacent to an activating group) is 1. The van der Waals surface area contributed by atoms with Crippen molar-refractivity contribution >= 4 is 11.8 Å². The molecule has 1 unspecified atom stereocenters. The van der Waals surface area contributed by atoms with E-state index in [-0.39, 0.29) is 24.5 Å². The fraction of sp³-hybridized carbons (Fsp3) is 0.300. The number of nitrogens with zero attached hydrogens (tertiary/aromatic N) is 1. The first-order valence-corrected chi connectivity index (χ1v) is 8.40. The predicted octanol–water partition coefficient (Wildman–Crippen LogP) is 1.40. The summed E-state index contributed by atoms with van der Waals surface area (Å²) in [6.45, 7) is -0.151. The molecule has 25 heavy (non-hydrogen) atoms. The number of fused-ring (bicyclic) bond motifs is 1. The van der Waals surface area contributed by atoms with Gasteiger partial charge in [-0.15, -0.1) is 0 Å². The van der Waals surface area contributed by atoms with Crippen LogP contribution in [0.4, 0.5) is 0 Å². The van der Waals surface area contributed by atoms with Crippen molar-refractivity contribution in [3.05, 3.63) is 71.3 Å². The van der Waals surface area contributed by atoms with E-state index in [4.69, 9.17) is 0 Å². The minimum atomic E-state index is -0.563. The van der Waals surface area contributed by atoms with Gasteiger partial charge in [0.05, 0.1) is 12.6 Å². The van der Waals surface area contributed by atoms with Crippen LogP contribution in [-0.4, -0.2) is 47.6 Å². The molecule has 1 heterocycles. The summed E-state index contributed by atoms with van der Waals surface area (Å²) in [5.41, 5.74) is 2.58. The van der Waals surface area contributed by atoms with Crippen molar-refractivity contribution in [1.82, 2.24) is 10.2 Å². The Balaban J connectivity index is 1.71. The van der Waals surface area contributed by atoms with Gasteiger partial charge < -0.3 is 15.3 Å². The second kappa shape index (κ2) is 7.49. The zero-order chi connectivity index (χ0) is 17.8. The average molecular weight is 338 g/mol. The van der Waals surface area contributed by atoms with Crippen molar-refractivity contribution in [2.24, 2.45) is 0 Å². The van der Waals surface area contributed by atoms with Crippen LogP contribution in [0.15, 0.2) is 54.6 Å². The maximum Gasteiger partial charge on any atom is 0.254 e. The predicted molar refractivity (Wildman–Crippen MR) is 95.2 cm³/mol. The molecule has 2 aromatic carbocycles. The molecule has 5 nitrogen and oxygen atoms in total. The van der Waals surface area contributed by atoms with Gasteiger partial charge in [0.15, 0.2) is 0 Å². The first kappa shape index (κ1) is 17.2. The van der Waals surface area contributed by atoms with Gasteiger partial charge in [-0.1, -0.05) is 48.5 Å². The Morgan fingerprint density at radius 3 is 2.60 bits per heavy atom. The van der Waals surface area contributed by atoms with Gasteiger partial charge in [0.2, 0.25) is 5.91 Å². The lowest BCUT2D eigenvalue weighted by atomic mass is 9.93. The van der Waals surface area contributed by atoms with E-state index in [0.29, 0.717) is 18.4 Å². The number of rotatable bonds is 5. The highest BCUT2D eigenvalue weighted by Gasteiger charge is 2.34. The van der Waals surface area contributed by atoms with Crippen molar-refractivity contribution in [2.75, 3.05) is 13.7 Å². The van der Waals surface area contributed by atoms with Crippen molar-refractivity contribution in [1.29, 1.82) is 0 Å². The fourth-order valence-corrected chi connectivity index (χ4v) is 3.21. The van der Waals surface area contributed by atoms with Crippen molar-refractivity contribution in [3.8, 4) is 0 Å². The molecule has 0 spiro atoms. The van der Waals surface area contributed by atoms with Gasteiger partial charge in [0.1, 0.15) is 6.04 Å². The van der Waals surface area contributed by atoms with Crippen LogP contribution in [-0.2, 0) is 17.6 Å². The van der Waals surface area contributed by atoms with Crippen molar-refractivity contribution in [2.45, 2.75) is 24.9 Å². The minimum Gasteiger partial charge on any atom is -0.394 e.